The zero-order chi connectivity index (χ0) is 29.0. The van der Waals surface area contributed by atoms with Gasteiger partial charge < -0.3 is 25.3 Å². The molecule has 2 aliphatic heterocycles. The number of carbonyl (C=O) groups excluding carboxylic acids is 3. The van der Waals surface area contributed by atoms with E-state index in [1.165, 1.54) is 12.0 Å². The molecule has 0 bridgehead atoms. The first-order valence-electron chi connectivity index (χ1n) is 15.3. The summed E-state index contributed by atoms with van der Waals surface area (Å²) in [6.45, 7) is 11.9. The number of amides is 3. The van der Waals surface area contributed by atoms with Gasteiger partial charge in [-0.3, -0.25) is 14.4 Å². The van der Waals surface area contributed by atoms with Gasteiger partial charge >= 0.3 is 0 Å². The molecule has 2 aromatic carbocycles. The highest BCUT2D eigenvalue weighted by Crippen LogP contribution is 2.32. The summed E-state index contributed by atoms with van der Waals surface area (Å²) < 4.78 is 0. The number of carbonyl (C=O) groups is 3. The van der Waals surface area contributed by atoms with Crippen molar-refractivity contribution in [3.05, 3.63) is 59.2 Å². The normalized spacial score (nSPS) is 18.8. The molecule has 41 heavy (non-hydrogen) atoms. The van der Waals surface area contributed by atoms with Gasteiger partial charge in [0, 0.05) is 69.4 Å². The topological polar surface area (TPSA) is 85.0 Å². The third-order valence-corrected chi connectivity index (χ3v) is 8.79. The van der Waals surface area contributed by atoms with Crippen LogP contribution in [0.4, 0.5) is 11.4 Å². The number of hydrogen-bond acceptors (Lipinski definition) is 5. The molecule has 3 amide bonds. The Morgan fingerprint density at radius 3 is 1.98 bits per heavy atom. The average Bonchev–Trinajstić information content (AvgIpc) is 3.01. The van der Waals surface area contributed by atoms with Crippen molar-refractivity contribution in [1.82, 2.24) is 15.1 Å². The summed E-state index contributed by atoms with van der Waals surface area (Å²) in [6, 6.07) is 13.7. The summed E-state index contributed by atoms with van der Waals surface area (Å²) >= 11 is 0. The monoisotopic (exact) mass is 559 g/mol. The molecule has 2 saturated heterocycles. The Hall–Kier alpha value is -3.39. The molecule has 1 aliphatic carbocycles. The van der Waals surface area contributed by atoms with E-state index in [4.69, 9.17) is 0 Å². The maximum Gasteiger partial charge on any atom is 0.254 e. The lowest BCUT2D eigenvalue weighted by Crippen LogP contribution is -2.49. The van der Waals surface area contributed by atoms with Crippen molar-refractivity contribution in [2.24, 2.45) is 5.92 Å². The number of nitrogens with one attached hydrogen (secondary N) is 2. The lowest BCUT2D eigenvalue weighted by Gasteiger charge is -2.37. The van der Waals surface area contributed by atoms with Crippen LogP contribution in [0.5, 0.6) is 0 Å². The fourth-order valence-corrected chi connectivity index (χ4v) is 6.14. The molecular formula is C33H45N5O3. The summed E-state index contributed by atoms with van der Waals surface area (Å²) in [7, 11) is 0. The van der Waals surface area contributed by atoms with Crippen LogP contribution in [0.1, 0.15) is 79.2 Å². The van der Waals surface area contributed by atoms with E-state index in [1.807, 2.05) is 52.3 Å². The van der Waals surface area contributed by atoms with Crippen LogP contribution in [-0.2, 0) is 10.2 Å². The largest absolute Gasteiger partial charge is 0.366 e. The minimum Gasteiger partial charge on any atom is -0.366 e. The first-order valence-corrected chi connectivity index (χ1v) is 15.3. The van der Waals surface area contributed by atoms with Gasteiger partial charge in [-0.1, -0.05) is 52.2 Å². The SMILES string of the molecule is CC(C)(C)c1ccc(C(=O)N2CCN(c3ccc(C(=O)N4CCNCC4)cc3NC(=O)C3CCCCC3)CC2)cc1. The number of anilines is 2. The molecule has 5 rings (SSSR count). The van der Waals surface area contributed by atoms with Gasteiger partial charge in [-0.2, -0.15) is 0 Å². The average molecular weight is 560 g/mol. The van der Waals surface area contributed by atoms with Gasteiger partial charge in [-0.15, -0.1) is 0 Å². The van der Waals surface area contributed by atoms with Gasteiger partial charge in [0.15, 0.2) is 0 Å². The Balaban J connectivity index is 1.30. The van der Waals surface area contributed by atoms with Gasteiger partial charge in [-0.05, 0) is 54.2 Å². The first-order chi connectivity index (χ1) is 19.7. The van der Waals surface area contributed by atoms with Crippen molar-refractivity contribution in [1.29, 1.82) is 0 Å². The van der Waals surface area contributed by atoms with Gasteiger partial charge in [0.25, 0.3) is 11.8 Å². The van der Waals surface area contributed by atoms with Crippen molar-refractivity contribution in [3.8, 4) is 0 Å². The fourth-order valence-electron chi connectivity index (χ4n) is 6.14. The van der Waals surface area contributed by atoms with Crippen molar-refractivity contribution in [2.45, 2.75) is 58.3 Å². The number of hydrogen-bond donors (Lipinski definition) is 2. The fraction of sp³-hybridized carbons (Fsp3) is 0.545. The third kappa shape index (κ3) is 6.92. The van der Waals surface area contributed by atoms with Crippen molar-refractivity contribution in [2.75, 3.05) is 62.6 Å². The van der Waals surface area contributed by atoms with Gasteiger partial charge in [0.2, 0.25) is 5.91 Å². The summed E-state index contributed by atoms with van der Waals surface area (Å²) in [5.74, 6) is 0.112. The van der Waals surface area contributed by atoms with Crippen LogP contribution >= 0.6 is 0 Å². The molecule has 2 aromatic rings. The van der Waals surface area contributed by atoms with Crippen molar-refractivity contribution in [3.63, 3.8) is 0 Å². The third-order valence-electron chi connectivity index (χ3n) is 8.79. The van der Waals surface area contributed by atoms with Gasteiger partial charge in [-0.25, -0.2) is 0 Å². The first kappa shape index (κ1) is 29.1. The van der Waals surface area contributed by atoms with Crippen LogP contribution in [-0.4, -0.2) is 79.9 Å². The Kier molecular flexibility index (Phi) is 8.97. The maximum absolute atomic E-state index is 13.3. The molecule has 0 unspecified atom stereocenters. The van der Waals surface area contributed by atoms with E-state index in [1.54, 1.807) is 0 Å². The molecule has 0 radical (unpaired) electrons. The van der Waals surface area contributed by atoms with E-state index in [0.29, 0.717) is 56.1 Å². The second-order valence-electron chi connectivity index (χ2n) is 12.7. The minimum atomic E-state index is -0.000824. The quantitative estimate of drug-likeness (QED) is 0.563. The molecule has 8 nitrogen and oxygen atoms in total. The second-order valence-corrected chi connectivity index (χ2v) is 12.7. The van der Waals surface area contributed by atoms with Crippen LogP contribution in [0, 0.1) is 5.92 Å². The van der Waals surface area contributed by atoms with E-state index in [9.17, 15) is 14.4 Å². The Bertz CT molecular complexity index is 1230. The molecule has 0 aromatic heterocycles. The molecule has 2 N–H and O–H groups in total. The Morgan fingerprint density at radius 1 is 0.756 bits per heavy atom. The molecule has 3 fully saturated rings. The number of piperazine rings is 2. The van der Waals surface area contributed by atoms with E-state index < -0.39 is 0 Å². The van der Waals surface area contributed by atoms with Crippen LogP contribution in [0.3, 0.4) is 0 Å². The van der Waals surface area contributed by atoms with Crippen LogP contribution in [0.2, 0.25) is 0 Å². The molecule has 3 aliphatic rings. The van der Waals surface area contributed by atoms with Gasteiger partial charge in [0.1, 0.15) is 0 Å². The lowest BCUT2D eigenvalue weighted by molar-refractivity contribution is -0.120. The summed E-state index contributed by atoms with van der Waals surface area (Å²) in [4.78, 5) is 45.8. The number of benzene rings is 2. The van der Waals surface area contributed by atoms with Crippen molar-refractivity contribution >= 4 is 29.1 Å². The van der Waals surface area contributed by atoms with E-state index in [-0.39, 0.29) is 29.1 Å². The molecule has 2 heterocycles. The predicted molar refractivity (Wildman–Crippen MR) is 164 cm³/mol. The molecule has 8 heteroatoms. The molecule has 0 atom stereocenters. The van der Waals surface area contributed by atoms with Gasteiger partial charge in [0.05, 0.1) is 11.4 Å². The number of rotatable bonds is 5. The van der Waals surface area contributed by atoms with E-state index in [2.05, 4.69) is 36.3 Å². The predicted octanol–water partition coefficient (Wildman–Crippen LogP) is 4.51. The number of nitrogens with zero attached hydrogens (tertiary/aromatic N) is 3. The zero-order valence-electron chi connectivity index (χ0n) is 24.9. The maximum atomic E-state index is 13.3. The smallest absolute Gasteiger partial charge is 0.254 e. The minimum absolute atomic E-state index is 0.000824. The summed E-state index contributed by atoms with van der Waals surface area (Å²) in [6.07, 6.45) is 5.19. The lowest BCUT2D eigenvalue weighted by atomic mass is 9.86. The van der Waals surface area contributed by atoms with E-state index in [0.717, 1.165) is 44.5 Å². The zero-order valence-corrected chi connectivity index (χ0v) is 24.9. The van der Waals surface area contributed by atoms with E-state index >= 15 is 0 Å². The standard InChI is InChI=1S/C33H45N5O3/c1-33(2,3)27-12-9-25(10-13-27)31(40)38-21-19-36(20-22-38)29-14-11-26(32(41)37-17-15-34-16-18-37)23-28(29)35-30(39)24-7-5-4-6-8-24/h9-14,23-24,34H,4-8,15-22H2,1-3H3,(H,35,39). The van der Waals surface area contributed by atoms with Crippen molar-refractivity contribution < 1.29 is 14.4 Å². The highest BCUT2D eigenvalue weighted by Gasteiger charge is 2.28. The summed E-state index contributed by atoms with van der Waals surface area (Å²) in [5, 5.41) is 6.50. The Morgan fingerprint density at radius 2 is 1.34 bits per heavy atom. The Labute approximate surface area is 244 Å². The molecule has 1 saturated carbocycles. The molecular weight excluding hydrogens is 514 g/mol. The molecule has 220 valence electrons. The summed E-state index contributed by atoms with van der Waals surface area (Å²) in [5.41, 5.74) is 4.17. The highest BCUT2D eigenvalue weighted by molar-refractivity contribution is 6.01. The second kappa shape index (κ2) is 12.6. The molecule has 0 spiro atoms. The van der Waals surface area contributed by atoms with Crippen LogP contribution < -0.4 is 15.5 Å². The van der Waals surface area contributed by atoms with Crippen LogP contribution in [0.25, 0.3) is 0 Å². The van der Waals surface area contributed by atoms with Crippen LogP contribution in [0.15, 0.2) is 42.5 Å². The highest BCUT2D eigenvalue weighted by atomic mass is 16.2.